The molecule has 3 aromatic heterocycles. The molecule has 5 heteroatoms. The molecule has 0 amide bonds. The molecule has 1 aliphatic rings. The second-order valence-corrected chi connectivity index (χ2v) is 14.8. The first-order valence-electron chi connectivity index (χ1n) is 17.9. The van der Waals surface area contributed by atoms with Gasteiger partial charge in [0.2, 0.25) is 5.95 Å². The molecule has 0 aliphatic carbocycles. The van der Waals surface area contributed by atoms with Crippen molar-refractivity contribution in [1.82, 2.24) is 14.5 Å². The summed E-state index contributed by atoms with van der Waals surface area (Å²) in [7, 11) is 0. The van der Waals surface area contributed by atoms with Crippen molar-refractivity contribution in [1.29, 1.82) is 0 Å². The first-order chi connectivity index (χ1) is 26.3. The third kappa shape index (κ3) is 4.05. The van der Waals surface area contributed by atoms with Crippen LogP contribution in [0.2, 0.25) is 0 Å². The van der Waals surface area contributed by atoms with Crippen molar-refractivity contribution in [3.8, 4) is 28.1 Å². The molecule has 0 saturated heterocycles. The lowest BCUT2D eigenvalue weighted by Crippen LogP contribution is -2.18. The van der Waals surface area contributed by atoms with E-state index in [1.165, 1.54) is 53.7 Å². The number of hydrogen-bond acceptors (Lipinski definition) is 4. The van der Waals surface area contributed by atoms with E-state index in [9.17, 15) is 0 Å². The number of benzene rings is 8. The summed E-state index contributed by atoms with van der Waals surface area (Å²) < 4.78 is 4.67. The highest BCUT2D eigenvalue weighted by molar-refractivity contribution is 7.26. The lowest BCUT2D eigenvalue weighted by atomic mass is 9.89. The predicted molar refractivity (Wildman–Crippen MR) is 223 cm³/mol. The molecule has 0 bridgehead atoms. The maximum atomic E-state index is 5.68. The minimum Gasteiger partial charge on any atom is -0.309 e. The van der Waals surface area contributed by atoms with Crippen LogP contribution in [-0.2, 0) is 0 Å². The highest BCUT2D eigenvalue weighted by Gasteiger charge is 2.30. The minimum absolute atomic E-state index is 0.665. The molecule has 0 saturated carbocycles. The molecule has 246 valence electrons. The summed E-state index contributed by atoms with van der Waals surface area (Å²) in [6, 6.07) is 61.1. The van der Waals surface area contributed by atoms with E-state index in [0.29, 0.717) is 5.95 Å². The smallest absolute Gasteiger partial charge is 0.235 e. The van der Waals surface area contributed by atoms with Crippen LogP contribution in [-0.4, -0.2) is 14.5 Å². The molecule has 8 aromatic carbocycles. The molecule has 1 aliphatic heterocycles. The number of aromatic nitrogens is 3. The lowest BCUT2D eigenvalue weighted by molar-refractivity contribution is 1.12. The fourth-order valence-electron chi connectivity index (χ4n) is 8.64. The Balaban J connectivity index is 1.22. The van der Waals surface area contributed by atoms with E-state index in [2.05, 4.69) is 179 Å². The number of para-hydroxylation sites is 2. The standard InChI is InChI=1S/C48H28N4S/c1-2-17-32(18-3-1)51-38-23-8-6-19-34(38)44-36(22-12-25-40(44)51)46-47-45(35-20-7-9-26-42(35)53-47)49-48(50-46)52-39-24-11-16-29-15-10-21-33(43(29)39)37-27-30-13-4-5-14-31(30)28-41(37)52/h1-28H. The Morgan fingerprint density at radius 1 is 0.453 bits per heavy atom. The van der Waals surface area contributed by atoms with Gasteiger partial charge in [0.1, 0.15) is 0 Å². The number of thiophene rings is 1. The van der Waals surface area contributed by atoms with E-state index < -0.39 is 0 Å². The summed E-state index contributed by atoms with van der Waals surface area (Å²) in [6.45, 7) is 0. The number of nitrogens with zero attached hydrogens (tertiary/aromatic N) is 4. The monoisotopic (exact) mass is 692 g/mol. The highest BCUT2D eigenvalue weighted by Crippen LogP contribution is 2.52. The zero-order chi connectivity index (χ0) is 34.6. The van der Waals surface area contributed by atoms with E-state index in [0.717, 1.165) is 49.4 Å². The van der Waals surface area contributed by atoms with Crippen LogP contribution in [0.1, 0.15) is 0 Å². The predicted octanol–water partition coefficient (Wildman–Crippen LogP) is 13.4. The van der Waals surface area contributed by atoms with Crippen LogP contribution in [0.25, 0.3) is 91.7 Å². The average Bonchev–Trinajstić information content (AvgIpc) is 3.77. The van der Waals surface area contributed by atoms with Crippen LogP contribution in [0.15, 0.2) is 170 Å². The zero-order valence-corrected chi connectivity index (χ0v) is 29.2. The molecule has 0 unspecified atom stereocenters. The van der Waals surface area contributed by atoms with Gasteiger partial charge in [-0.3, -0.25) is 4.90 Å². The fourth-order valence-corrected chi connectivity index (χ4v) is 9.79. The topological polar surface area (TPSA) is 34.0 Å². The summed E-state index contributed by atoms with van der Waals surface area (Å²) in [5.41, 5.74) is 11.1. The number of hydrogen-bond donors (Lipinski definition) is 0. The normalized spacial score (nSPS) is 12.5. The molecule has 0 N–H and O–H groups in total. The Kier molecular flexibility index (Phi) is 5.90. The van der Waals surface area contributed by atoms with Crippen molar-refractivity contribution in [3.63, 3.8) is 0 Å². The van der Waals surface area contributed by atoms with Gasteiger partial charge in [0.05, 0.1) is 38.3 Å². The van der Waals surface area contributed by atoms with Crippen LogP contribution >= 0.6 is 11.3 Å². The van der Waals surface area contributed by atoms with Crippen molar-refractivity contribution < 1.29 is 0 Å². The Hall–Kier alpha value is -6.82. The van der Waals surface area contributed by atoms with Crippen molar-refractivity contribution in [2.75, 3.05) is 4.90 Å². The summed E-state index contributed by atoms with van der Waals surface area (Å²) in [4.78, 5) is 13.5. The third-order valence-electron chi connectivity index (χ3n) is 10.9. The summed E-state index contributed by atoms with van der Waals surface area (Å²) in [5, 5.41) is 8.34. The Morgan fingerprint density at radius 2 is 1.13 bits per heavy atom. The summed E-state index contributed by atoms with van der Waals surface area (Å²) in [5.74, 6) is 0.665. The zero-order valence-electron chi connectivity index (χ0n) is 28.4. The van der Waals surface area contributed by atoms with Crippen molar-refractivity contribution >= 4 is 92.3 Å². The van der Waals surface area contributed by atoms with Crippen molar-refractivity contribution in [2.24, 2.45) is 0 Å². The number of anilines is 3. The number of fused-ring (bicyclic) bond motifs is 9. The second-order valence-electron chi connectivity index (χ2n) is 13.8. The van der Waals surface area contributed by atoms with E-state index in [1.54, 1.807) is 11.3 Å². The van der Waals surface area contributed by atoms with Gasteiger partial charge in [-0.15, -0.1) is 11.3 Å². The van der Waals surface area contributed by atoms with Gasteiger partial charge in [-0.05, 0) is 70.3 Å². The van der Waals surface area contributed by atoms with Gasteiger partial charge in [0, 0.05) is 43.1 Å². The molecular formula is C48H28N4S. The third-order valence-corrected chi connectivity index (χ3v) is 12.1. The maximum absolute atomic E-state index is 5.68. The van der Waals surface area contributed by atoms with Gasteiger partial charge in [-0.25, -0.2) is 9.97 Å². The Labute approximate surface area is 308 Å². The molecule has 0 fully saturated rings. The molecule has 0 atom stereocenters. The van der Waals surface area contributed by atoms with E-state index in [-0.39, 0.29) is 0 Å². The molecule has 12 rings (SSSR count). The van der Waals surface area contributed by atoms with Gasteiger partial charge in [-0.2, -0.15) is 0 Å². The van der Waals surface area contributed by atoms with Crippen LogP contribution in [0.3, 0.4) is 0 Å². The second kappa shape index (κ2) is 10.8. The van der Waals surface area contributed by atoms with Gasteiger partial charge in [0.25, 0.3) is 0 Å². The SMILES string of the molecule is c1ccc(-n2c3ccccc3c3c(-c4nc(N5c6cc7ccccc7cc6-c6cccc7cccc5c67)nc5c4sc4ccccc45)cccc32)cc1. The van der Waals surface area contributed by atoms with Crippen molar-refractivity contribution in [2.45, 2.75) is 0 Å². The molecule has 4 heterocycles. The fraction of sp³-hybridized carbons (Fsp3) is 0. The largest absolute Gasteiger partial charge is 0.309 e. The molecular weight excluding hydrogens is 665 g/mol. The molecule has 0 radical (unpaired) electrons. The summed E-state index contributed by atoms with van der Waals surface area (Å²) in [6.07, 6.45) is 0. The van der Waals surface area contributed by atoms with Gasteiger partial charge in [0.15, 0.2) is 0 Å². The van der Waals surface area contributed by atoms with E-state index in [1.807, 2.05) is 0 Å². The highest BCUT2D eigenvalue weighted by atomic mass is 32.1. The molecule has 53 heavy (non-hydrogen) atoms. The Morgan fingerprint density at radius 3 is 2.02 bits per heavy atom. The quantitative estimate of drug-likeness (QED) is 0.185. The first kappa shape index (κ1) is 28.8. The minimum atomic E-state index is 0.665. The molecule has 0 spiro atoms. The van der Waals surface area contributed by atoms with Gasteiger partial charge < -0.3 is 4.57 Å². The maximum Gasteiger partial charge on any atom is 0.235 e. The van der Waals surface area contributed by atoms with Gasteiger partial charge >= 0.3 is 0 Å². The first-order valence-corrected chi connectivity index (χ1v) is 18.7. The Bertz CT molecular complexity index is 3300. The molecule has 11 aromatic rings. The lowest BCUT2D eigenvalue weighted by Gasteiger charge is -2.32. The van der Waals surface area contributed by atoms with Crippen LogP contribution in [0.4, 0.5) is 17.3 Å². The average molecular weight is 693 g/mol. The molecule has 4 nitrogen and oxygen atoms in total. The number of rotatable bonds is 3. The van der Waals surface area contributed by atoms with Crippen LogP contribution in [0, 0.1) is 0 Å². The van der Waals surface area contributed by atoms with Crippen LogP contribution in [0.5, 0.6) is 0 Å². The van der Waals surface area contributed by atoms with Crippen LogP contribution < -0.4 is 4.90 Å². The summed E-state index contributed by atoms with van der Waals surface area (Å²) >= 11 is 1.78. The van der Waals surface area contributed by atoms with Crippen molar-refractivity contribution in [3.05, 3.63) is 170 Å². The van der Waals surface area contributed by atoms with E-state index in [4.69, 9.17) is 9.97 Å². The van der Waals surface area contributed by atoms with Gasteiger partial charge in [-0.1, -0.05) is 121 Å². The van der Waals surface area contributed by atoms with E-state index >= 15 is 0 Å².